The maximum absolute atomic E-state index is 9.88. The van der Waals surface area contributed by atoms with Gasteiger partial charge in [0.25, 0.3) is 0 Å². The summed E-state index contributed by atoms with van der Waals surface area (Å²) >= 11 is 0. The van der Waals surface area contributed by atoms with E-state index >= 15 is 0 Å². The molecule has 0 heterocycles. The smallest absolute Gasteiger partial charge is 0.162 e. The normalized spacial score (nSPS) is 11.4. The van der Waals surface area contributed by atoms with E-state index in [4.69, 9.17) is 10.5 Å². The van der Waals surface area contributed by atoms with Gasteiger partial charge in [-0.25, -0.2) is 0 Å². The van der Waals surface area contributed by atoms with Gasteiger partial charge in [0.05, 0.1) is 6.61 Å². The van der Waals surface area contributed by atoms with E-state index in [1.54, 1.807) is 18.2 Å². The summed E-state index contributed by atoms with van der Waals surface area (Å²) in [4.78, 5) is 0. The molecule has 1 aromatic rings. The summed E-state index contributed by atoms with van der Waals surface area (Å²) in [6.07, 6.45) is 2.36. The lowest BCUT2D eigenvalue weighted by molar-refractivity contribution is 0.315. The first-order valence-electron chi connectivity index (χ1n) is 5.01. The van der Waals surface area contributed by atoms with Crippen molar-refractivity contribution in [3.8, 4) is 11.5 Å². The quantitative estimate of drug-likeness (QED) is 0.782. The van der Waals surface area contributed by atoms with Gasteiger partial charge in [-0.3, -0.25) is 0 Å². The Morgan fingerprint density at radius 3 is 2.81 bits per heavy atom. The average molecular weight is 244 g/mol. The zero-order valence-electron chi connectivity index (χ0n) is 9.35. The molecule has 0 unspecified atom stereocenters. The van der Waals surface area contributed by atoms with E-state index in [9.17, 15) is 5.11 Å². The number of phenols is 1. The zero-order valence-corrected chi connectivity index (χ0v) is 10.2. The average Bonchev–Trinajstić information content (AvgIpc) is 2.22. The zero-order chi connectivity index (χ0) is 11.3. The van der Waals surface area contributed by atoms with Gasteiger partial charge >= 0.3 is 0 Å². The highest BCUT2D eigenvalue weighted by molar-refractivity contribution is 5.85. The van der Waals surface area contributed by atoms with Gasteiger partial charge < -0.3 is 15.6 Å². The minimum atomic E-state index is -0.233. The molecule has 0 saturated carbocycles. The van der Waals surface area contributed by atoms with Crippen LogP contribution in [0, 0.1) is 0 Å². The SMILES string of the molecule is C=CC[C@H](N)c1cccc(OCC)c1O.Cl. The Labute approximate surface area is 102 Å². The molecule has 16 heavy (non-hydrogen) atoms. The minimum absolute atomic E-state index is 0. The molecule has 1 atom stereocenters. The maximum atomic E-state index is 9.88. The van der Waals surface area contributed by atoms with Gasteiger partial charge in [0.1, 0.15) is 0 Å². The summed E-state index contributed by atoms with van der Waals surface area (Å²) < 4.78 is 5.27. The molecule has 0 spiro atoms. The van der Waals surface area contributed by atoms with Crippen LogP contribution in [0.5, 0.6) is 11.5 Å². The highest BCUT2D eigenvalue weighted by Gasteiger charge is 2.12. The van der Waals surface area contributed by atoms with Crippen molar-refractivity contribution in [3.05, 3.63) is 36.4 Å². The van der Waals surface area contributed by atoms with Crippen molar-refractivity contribution in [3.63, 3.8) is 0 Å². The number of ether oxygens (including phenoxy) is 1. The predicted molar refractivity (Wildman–Crippen MR) is 68.3 cm³/mol. The van der Waals surface area contributed by atoms with Gasteiger partial charge in [-0.1, -0.05) is 18.2 Å². The first-order chi connectivity index (χ1) is 7.20. The Hall–Kier alpha value is -1.19. The predicted octanol–water partition coefficient (Wildman–Crippen LogP) is 2.79. The molecule has 0 aliphatic rings. The summed E-state index contributed by atoms with van der Waals surface area (Å²) in [5, 5.41) is 9.88. The Bertz CT molecular complexity index is 342. The first-order valence-corrected chi connectivity index (χ1v) is 5.01. The van der Waals surface area contributed by atoms with Crippen molar-refractivity contribution in [2.24, 2.45) is 5.73 Å². The molecule has 0 amide bonds. The van der Waals surface area contributed by atoms with Crippen molar-refractivity contribution < 1.29 is 9.84 Å². The van der Waals surface area contributed by atoms with E-state index in [0.29, 0.717) is 24.3 Å². The fourth-order valence-electron chi connectivity index (χ4n) is 1.42. The molecule has 0 aliphatic carbocycles. The van der Waals surface area contributed by atoms with Gasteiger partial charge in [-0.05, 0) is 19.4 Å². The number of para-hydroxylation sites is 1. The molecule has 0 fully saturated rings. The Kier molecular flexibility index (Phi) is 6.61. The van der Waals surface area contributed by atoms with Crippen molar-refractivity contribution in [1.82, 2.24) is 0 Å². The van der Waals surface area contributed by atoms with Crippen LogP contribution in [0.15, 0.2) is 30.9 Å². The number of benzene rings is 1. The number of hydrogen-bond acceptors (Lipinski definition) is 3. The topological polar surface area (TPSA) is 55.5 Å². The third-order valence-corrected chi connectivity index (χ3v) is 2.15. The second-order valence-electron chi connectivity index (χ2n) is 3.26. The molecule has 0 aliphatic heterocycles. The fourth-order valence-corrected chi connectivity index (χ4v) is 1.42. The molecule has 3 N–H and O–H groups in total. The highest BCUT2D eigenvalue weighted by atomic mass is 35.5. The van der Waals surface area contributed by atoms with E-state index in [0.717, 1.165) is 0 Å². The van der Waals surface area contributed by atoms with Crippen molar-refractivity contribution in [2.75, 3.05) is 6.61 Å². The van der Waals surface area contributed by atoms with Crippen molar-refractivity contribution >= 4 is 12.4 Å². The van der Waals surface area contributed by atoms with Crippen LogP contribution in [0.1, 0.15) is 24.9 Å². The molecule has 1 aromatic carbocycles. The van der Waals surface area contributed by atoms with E-state index in [1.165, 1.54) is 0 Å². The van der Waals surface area contributed by atoms with Crippen LogP contribution in [-0.2, 0) is 0 Å². The second kappa shape index (κ2) is 7.14. The van der Waals surface area contributed by atoms with Gasteiger partial charge in [0.15, 0.2) is 11.5 Å². The van der Waals surface area contributed by atoms with Crippen LogP contribution in [0.25, 0.3) is 0 Å². The molecular weight excluding hydrogens is 226 g/mol. The van der Waals surface area contributed by atoms with Gasteiger partial charge in [0, 0.05) is 11.6 Å². The molecule has 0 aromatic heterocycles. The summed E-state index contributed by atoms with van der Waals surface area (Å²) in [5.74, 6) is 0.614. The van der Waals surface area contributed by atoms with E-state index in [2.05, 4.69) is 6.58 Å². The Morgan fingerprint density at radius 2 is 2.25 bits per heavy atom. The van der Waals surface area contributed by atoms with Crippen LogP contribution in [0.4, 0.5) is 0 Å². The number of halogens is 1. The van der Waals surface area contributed by atoms with Crippen LogP contribution in [-0.4, -0.2) is 11.7 Å². The number of rotatable bonds is 5. The first kappa shape index (κ1) is 14.8. The Morgan fingerprint density at radius 1 is 1.56 bits per heavy atom. The second-order valence-corrected chi connectivity index (χ2v) is 3.26. The molecule has 1 rings (SSSR count). The summed E-state index contributed by atoms with van der Waals surface area (Å²) in [7, 11) is 0. The molecule has 4 heteroatoms. The third-order valence-electron chi connectivity index (χ3n) is 2.15. The summed E-state index contributed by atoms with van der Waals surface area (Å²) in [6, 6.07) is 5.11. The maximum Gasteiger partial charge on any atom is 0.162 e. The number of hydrogen-bond donors (Lipinski definition) is 2. The standard InChI is InChI=1S/C12H17NO2.ClH/c1-3-6-10(13)9-7-5-8-11(12(9)14)15-4-2;/h3,5,7-8,10,14H,1,4,6,13H2,2H3;1H/t10-;/m0./s1. The fraction of sp³-hybridized carbons (Fsp3) is 0.333. The van der Waals surface area contributed by atoms with E-state index < -0.39 is 0 Å². The van der Waals surface area contributed by atoms with Gasteiger partial charge in [-0.15, -0.1) is 19.0 Å². The summed E-state index contributed by atoms with van der Waals surface area (Å²) in [5.41, 5.74) is 6.58. The Balaban J connectivity index is 0.00000225. The van der Waals surface area contributed by atoms with Crippen LogP contribution >= 0.6 is 12.4 Å². The van der Waals surface area contributed by atoms with Crippen LogP contribution in [0.3, 0.4) is 0 Å². The molecule has 0 saturated heterocycles. The lowest BCUT2D eigenvalue weighted by Gasteiger charge is -2.14. The largest absolute Gasteiger partial charge is 0.504 e. The van der Waals surface area contributed by atoms with Gasteiger partial charge in [-0.2, -0.15) is 0 Å². The lowest BCUT2D eigenvalue weighted by Crippen LogP contribution is -2.09. The third kappa shape index (κ3) is 3.43. The van der Waals surface area contributed by atoms with Crippen LogP contribution in [0.2, 0.25) is 0 Å². The van der Waals surface area contributed by atoms with Crippen molar-refractivity contribution in [1.29, 1.82) is 0 Å². The molecule has 90 valence electrons. The van der Waals surface area contributed by atoms with E-state index in [-0.39, 0.29) is 24.2 Å². The number of nitrogens with two attached hydrogens (primary N) is 1. The monoisotopic (exact) mass is 243 g/mol. The number of phenolic OH excluding ortho intramolecular Hbond substituents is 1. The van der Waals surface area contributed by atoms with E-state index in [1.807, 2.05) is 13.0 Å². The molecule has 0 radical (unpaired) electrons. The molecule has 3 nitrogen and oxygen atoms in total. The minimum Gasteiger partial charge on any atom is -0.504 e. The molecule has 0 bridgehead atoms. The van der Waals surface area contributed by atoms with Gasteiger partial charge in [0.2, 0.25) is 0 Å². The molecular formula is C12H18ClNO2. The van der Waals surface area contributed by atoms with Crippen molar-refractivity contribution in [2.45, 2.75) is 19.4 Å². The lowest BCUT2D eigenvalue weighted by atomic mass is 10.0. The summed E-state index contributed by atoms with van der Waals surface area (Å²) in [6.45, 7) is 6.01. The highest BCUT2D eigenvalue weighted by Crippen LogP contribution is 2.33. The van der Waals surface area contributed by atoms with Crippen LogP contribution < -0.4 is 10.5 Å². The number of aromatic hydroxyl groups is 1.